The monoisotopic (exact) mass is 562 g/mol. The first-order chi connectivity index (χ1) is 20.6. The molecule has 1 aromatic heterocycles. The van der Waals surface area contributed by atoms with E-state index in [2.05, 4.69) is 46.7 Å². The van der Waals surface area contributed by atoms with E-state index >= 15 is 0 Å². The third-order valence-electron chi connectivity index (χ3n) is 7.57. The van der Waals surface area contributed by atoms with Crippen LogP contribution in [0.2, 0.25) is 0 Å². The number of aromatic amines is 1. The molecule has 0 bridgehead atoms. The standard InChI is InChI=1S/C35H34N2O5/c1-3-40-35(38)28-11-7-8-12-32(28)42-22-25-19-24(13-16-31(25)39-2)33-34-27(17-18-36-33)29-20-26(14-15-30(29)37-34)41-21-23-9-5-4-6-10-23/h4-16,19-20,33,36-37H,3,17-18,21-22H2,1-2H3. The number of methoxy groups -OCH3 is 1. The van der Waals surface area contributed by atoms with Crippen molar-refractivity contribution in [2.24, 2.45) is 0 Å². The summed E-state index contributed by atoms with van der Waals surface area (Å²) < 4.78 is 23.1. The van der Waals surface area contributed by atoms with Gasteiger partial charge in [-0.2, -0.15) is 0 Å². The Morgan fingerprint density at radius 2 is 1.71 bits per heavy atom. The van der Waals surface area contributed by atoms with Gasteiger partial charge in [-0.15, -0.1) is 0 Å². The molecule has 214 valence electrons. The second kappa shape index (κ2) is 12.4. The topological polar surface area (TPSA) is 81.8 Å². The molecule has 7 nitrogen and oxygen atoms in total. The van der Waals surface area contributed by atoms with Gasteiger partial charge in [0.25, 0.3) is 0 Å². The Hall–Kier alpha value is -4.75. The van der Waals surface area contributed by atoms with E-state index in [1.54, 1.807) is 32.2 Å². The molecule has 0 saturated heterocycles. The summed E-state index contributed by atoms with van der Waals surface area (Å²) in [6.45, 7) is 3.71. The maximum atomic E-state index is 12.4. The van der Waals surface area contributed by atoms with Crippen molar-refractivity contribution < 1.29 is 23.7 Å². The Morgan fingerprint density at radius 3 is 2.55 bits per heavy atom. The van der Waals surface area contributed by atoms with E-state index in [9.17, 15) is 4.79 Å². The minimum atomic E-state index is -0.403. The van der Waals surface area contributed by atoms with Gasteiger partial charge in [0.15, 0.2) is 0 Å². The van der Waals surface area contributed by atoms with E-state index in [-0.39, 0.29) is 12.6 Å². The molecule has 1 atom stereocenters. The van der Waals surface area contributed by atoms with Crippen molar-refractivity contribution in [3.8, 4) is 17.2 Å². The summed E-state index contributed by atoms with van der Waals surface area (Å²) in [5, 5.41) is 4.87. The molecule has 5 aromatic rings. The summed E-state index contributed by atoms with van der Waals surface area (Å²) in [4.78, 5) is 16.1. The number of rotatable bonds is 10. The third kappa shape index (κ3) is 5.69. The van der Waals surface area contributed by atoms with Crippen LogP contribution in [0.3, 0.4) is 0 Å². The number of para-hydroxylation sites is 1. The lowest BCUT2D eigenvalue weighted by Crippen LogP contribution is -2.30. The zero-order valence-electron chi connectivity index (χ0n) is 23.8. The molecular formula is C35H34N2O5. The highest BCUT2D eigenvalue weighted by molar-refractivity contribution is 5.92. The molecule has 1 aliphatic rings. The predicted octanol–water partition coefficient (Wildman–Crippen LogP) is 6.75. The molecular weight excluding hydrogens is 528 g/mol. The van der Waals surface area contributed by atoms with Gasteiger partial charge in [-0.3, -0.25) is 0 Å². The van der Waals surface area contributed by atoms with E-state index < -0.39 is 5.97 Å². The van der Waals surface area contributed by atoms with E-state index in [1.165, 1.54) is 10.9 Å². The van der Waals surface area contributed by atoms with Crippen molar-refractivity contribution >= 4 is 16.9 Å². The lowest BCUT2D eigenvalue weighted by Gasteiger charge is -2.26. The molecule has 0 amide bonds. The fourth-order valence-electron chi connectivity index (χ4n) is 5.54. The number of fused-ring (bicyclic) bond motifs is 3. The van der Waals surface area contributed by atoms with Gasteiger partial charge >= 0.3 is 5.97 Å². The largest absolute Gasteiger partial charge is 0.496 e. The summed E-state index contributed by atoms with van der Waals surface area (Å²) >= 11 is 0. The zero-order valence-corrected chi connectivity index (χ0v) is 23.8. The fraction of sp³-hybridized carbons (Fsp3) is 0.229. The summed E-state index contributed by atoms with van der Waals surface area (Å²) in [6.07, 6.45) is 0.921. The van der Waals surface area contributed by atoms with Crippen LogP contribution in [0.4, 0.5) is 0 Å². The highest BCUT2D eigenvalue weighted by atomic mass is 16.5. The van der Waals surface area contributed by atoms with Crippen LogP contribution in [0.25, 0.3) is 10.9 Å². The van der Waals surface area contributed by atoms with Crippen LogP contribution >= 0.6 is 0 Å². The number of aromatic nitrogens is 1. The number of carbonyl (C=O) groups is 1. The summed E-state index contributed by atoms with van der Waals surface area (Å²) in [7, 11) is 1.65. The molecule has 6 rings (SSSR count). The van der Waals surface area contributed by atoms with Gasteiger partial charge in [-0.1, -0.05) is 48.5 Å². The number of nitrogens with one attached hydrogen (secondary N) is 2. The smallest absolute Gasteiger partial charge is 0.341 e. The first kappa shape index (κ1) is 27.4. The highest BCUT2D eigenvalue weighted by Crippen LogP contribution is 2.36. The average molecular weight is 563 g/mol. The molecule has 1 unspecified atom stereocenters. The van der Waals surface area contributed by atoms with Crippen molar-refractivity contribution in [1.82, 2.24) is 10.3 Å². The average Bonchev–Trinajstić information content (AvgIpc) is 3.41. The van der Waals surface area contributed by atoms with Crippen molar-refractivity contribution in [3.63, 3.8) is 0 Å². The van der Waals surface area contributed by atoms with Crippen molar-refractivity contribution in [1.29, 1.82) is 0 Å². The number of carbonyl (C=O) groups excluding carboxylic acids is 1. The van der Waals surface area contributed by atoms with E-state index in [0.717, 1.165) is 52.4 Å². The number of hydrogen-bond donors (Lipinski definition) is 2. The molecule has 0 saturated carbocycles. The van der Waals surface area contributed by atoms with E-state index in [4.69, 9.17) is 18.9 Å². The van der Waals surface area contributed by atoms with Gasteiger partial charge in [0.1, 0.15) is 36.0 Å². The van der Waals surface area contributed by atoms with Gasteiger partial charge in [0, 0.05) is 28.7 Å². The second-order valence-corrected chi connectivity index (χ2v) is 10.2. The van der Waals surface area contributed by atoms with Crippen molar-refractivity contribution in [2.45, 2.75) is 32.6 Å². The predicted molar refractivity (Wildman–Crippen MR) is 162 cm³/mol. The van der Waals surface area contributed by atoms with Crippen LogP contribution < -0.4 is 19.5 Å². The SMILES string of the molecule is CCOC(=O)c1ccccc1OCc1cc(C2NCCc3c2[nH]c2ccc(OCc4ccccc4)cc32)ccc1OC. The quantitative estimate of drug-likeness (QED) is 0.183. The van der Waals surface area contributed by atoms with Crippen LogP contribution in [0.15, 0.2) is 91.0 Å². The molecule has 0 radical (unpaired) electrons. The fourth-order valence-corrected chi connectivity index (χ4v) is 5.54. The zero-order chi connectivity index (χ0) is 28.9. The molecule has 4 aromatic carbocycles. The minimum Gasteiger partial charge on any atom is -0.496 e. The molecule has 42 heavy (non-hydrogen) atoms. The second-order valence-electron chi connectivity index (χ2n) is 10.2. The molecule has 0 fully saturated rings. The van der Waals surface area contributed by atoms with E-state index in [1.807, 2.05) is 36.4 Å². The van der Waals surface area contributed by atoms with Gasteiger partial charge in [0.05, 0.1) is 19.8 Å². The van der Waals surface area contributed by atoms with Crippen LogP contribution in [0.1, 0.15) is 51.3 Å². The number of ether oxygens (including phenoxy) is 4. The van der Waals surface area contributed by atoms with Crippen molar-refractivity contribution in [2.75, 3.05) is 20.3 Å². The van der Waals surface area contributed by atoms with Crippen molar-refractivity contribution in [3.05, 3.63) is 125 Å². The Kier molecular flexibility index (Phi) is 8.10. The van der Waals surface area contributed by atoms with Crippen LogP contribution in [0.5, 0.6) is 17.2 Å². The molecule has 7 heteroatoms. The molecule has 1 aliphatic heterocycles. The lowest BCUT2D eigenvalue weighted by atomic mass is 9.93. The Labute approximate surface area is 245 Å². The molecule has 2 N–H and O–H groups in total. The Bertz CT molecular complexity index is 1700. The van der Waals surface area contributed by atoms with Gasteiger partial charge < -0.3 is 29.2 Å². The summed E-state index contributed by atoms with van der Waals surface area (Å²) in [5.41, 5.74) is 7.07. The first-order valence-electron chi connectivity index (χ1n) is 14.2. The number of hydrogen-bond acceptors (Lipinski definition) is 6. The van der Waals surface area contributed by atoms with Gasteiger partial charge in [-0.25, -0.2) is 4.79 Å². The summed E-state index contributed by atoms with van der Waals surface area (Å²) in [6, 6.07) is 29.7. The lowest BCUT2D eigenvalue weighted by molar-refractivity contribution is 0.0521. The molecule has 0 spiro atoms. The highest BCUT2D eigenvalue weighted by Gasteiger charge is 2.26. The number of benzene rings is 4. The number of H-pyrrole nitrogens is 1. The first-order valence-corrected chi connectivity index (χ1v) is 14.2. The van der Waals surface area contributed by atoms with E-state index in [0.29, 0.717) is 24.5 Å². The Balaban J connectivity index is 1.25. The molecule has 2 heterocycles. The number of esters is 1. The van der Waals surface area contributed by atoms with Crippen LogP contribution in [-0.4, -0.2) is 31.2 Å². The Morgan fingerprint density at radius 1 is 0.881 bits per heavy atom. The van der Waals surface area contributed by atoms with Gasteiger partial charge in [0.2, 0.25) is 0 Å². The summed E-state index contributed by atoms with van der Waals surface area (Å²) in [5.74, 6) is 1.65. The van der Waals surface area contributed by atoms with Crippen LogP contribution in [-0.2, 0) is 24.4 Å². The normalized spacial score (nSPS) is 14.3. The van der Waals surface area contributed by atoms with Gasteiger partial charge in [-0.05, 0) is 72.5 Å². The minimum absolute atomic E-state index is 0.0219. The molecule has 0 aliphatic carbocycles. The van der Waals surface area contributed by atoms with Crippen LogP contribution in [0, 0.1) is 0 Å². The maximum absolute atomic E-state index is 12.4. The third-order valence-corrected chi connectivity index (χ3v) is 7.57. The maximum Gasteiger partial charge on any atom is 0.341 e.